The lowest BCUT2D eigenvalue weighted by molar-refractivity contribution is 0.251. The highest BCUT2D eigenvalue weighted by molar-refractivity contribution is 5.88. The molecule has 0 aliphatic heterocycles. The molecule has 0 aliphatic rings. The van der Waals surface area contributed by atoms with E-state index in [1.165, 1.54) is 6.07 Å². The molecule has 3 rings (SSSR count). The van der Waals surface area contributed by atoms with Crippen LogP contribution in [0.5, 0.6) is 0 Å². The quantitative estimate of drug-likeness (QED) is 0.692. The van der Waals surface area contributed by atoms with Gasteiger partial charge in [-0.2, -0.15) is 0 Å². The summed E-state index contributed by atoms with van der Waals surface area (Å²) in [7, 11) is 0. The van der Waals surface area contributed by atoms with E-state index in [-0.39, 0.29) is 18.1 Å². The number of fused-ring (bicyclic) bond motifs is 1. The van der Waals surface area contributed by atoms with E-state index in [4.69, 9.17) is 0 Å². The predicted octanol–water partition coefficient (Wildman–Crippen LogP) is 2.24. The van der Waals surface area contributed by atoms with E-state index >= 15 is 0 Å². The number of para-hydroxylation sites is 1. The van der Waals surface area contributed by atoms with Crippen molar-refractivity contribution in [1.82, 2.24) is 15.3 Å². The third-order valence-corrected chi connectivity index (χ3v) is 3.18. The maximum absolute atomic E-state index is 11.9. The van der Waals surface area contributed by atoms with Crippen LogP contribution in [-0.4, -0.2) is 16.0 Å². The zero-order valence-electron chi connectivity index (χ0n) is 11.7. The number of anilines is 1. The maximum Gasteiger partial charge on any atom is 0.320 e. The summed E-state index contributed by atoms with van der Waals surface area (Å²) in [6, 6.07) is 13.8. The molecule has 0 saturated carbocycles. The second kappa shape index (κ2) is 6.09. The monoisotopic (exact) mass is 294 g/mol. The Bertz CT molecular complexity index is 859. The molecule has 0 aliphatic carbocycles. The fraction of sp³-hybridized carbons (Fsp3) is 0.0625. The van der Waals surface area contributed by atoms with Crippen molar-refractivity contribution in [3.05, 3.63) is 70.6 Å². The molecule has 0 radical (unpaired) electrons. The molecule has 0 saturated heterocycles. The van der Waals surface area contributed by atoms with Gasteiger partial charge in [-0.25, -0.2) is 9.78 Å². The Morgan fingerprint density at radius 1 is 1.14 bits per heavy atom. The van der Waals surface area contributed by atoms with Crippen molar-refractivity contribution in [2.75, 3.05) is 5.32 Å². The summed E-state index contributed by atoms with van der Waals surface area (Å²) in [5.41, 5.74) is 1.31. The Balaban J connectivity index is 1.74. The first kappa shape index (κ1) is 13.8. The molecular formula is C16H14N4O2. The van der Waals surface area contributed by atoms with E-state index < -0.39 is 0 Å². The van der Waals surface area contributed by atoms with Gasteiger partial charge < -0.3 is 10.3 Å². The average molecular weight is 294 g/mol. The van der Waals surface area contributed by atoms with Crippen molar-refractivity contribution in [1.29, 1.82) is 0 Å². The first-order valence-corrected chi connectivity index (χ1v) is 6.79. The van der Waals surface area contributed by atoms with Crippen molar-refractivity contribution in [3.8, 4) is 0 Å². The van der Waals surface area contributed by atoms with Crippen LogP contribution in [0.25, 0.3) is 10.9 Å². The number of hydrogen-bond acceptors (Lipinski definition) is 3. The number of aromatic amines is 1. The topological polar surface area (TPSA) is 86.9 Å². The van der Waals surface area contributed by atoms with Gasteiger partial charge in [0.25, 0.3) is 0 Å². The lowest BCUT2D eigenvalue weighted by Crippen LogP contribution is -2.29. The molecule has 0 bridgehead atoms. The third-order valence-electron chi connectivity index (χ3n) is 3.18. The maximum atomic E-state index is 11.9. The molecule has 0 fully saturated rings. The molecule has 0 atom stereocenters. The van der Waals surface area contributed by atoms with E-state index in [2.05, 4.69) is 20.6 Å². The third kappa shape index (κ3) is 3.12. The summed E-state index contributed by atoms with van der Waals surface area (Å²) >= 11 is 0. The molecule has 2 aromatic heterocycles. The molecule has 0 spiro atoms. The van der Waals surface area contributed by atoms with Gasteiger partial charge in [-0.05, 0) is 23.8 Å². The summed E-state index contributed by atoms with van der Waals surface area (Å²) in [5.74, 6) is 0.468. The van der Waals surface area contributed by atoms with Crippen LogP contribution in [0.15, 0.2) is 59.5 Å². The van der Waals surface area contributed by atoms with E-state index in [9.17, 15) is 9.59 Å². The molecule has 0 unspecified atom stereocenters. The highest BCUT2D eigenvalue weighted by Gasteiger charge is 2.06. The molecule has 2 heterocycles. The van der Waals surface area contributed by atoms with Crippen LogP contribution in [0.1, 0.15) is 5.56 Å². The summed E-state index contributed by atoms with van der Waals surface area (Å²) in [5, 5.41) is 6.25. The SMILES string of the molecule is O=C(NCc1cc(=O)[nH]c2ccccc12)Nc1ccccn1. The molecule has 22 heavy (non-hydrogen) atoms. The average Bonchev–Trinajstić information content (AvgIpc) is 2.53. The Labute approximate surface area is 126 Å². The van der Waals surface area contributed by atoms with Crippen LogP contribution >= 0.6 is 0 Å². The van der Waals surface area contributed by atoms with Gasteiger partial charge in [-0.1, -0.05) is 24.3 Å². The fourth-order valence-corrected chi connectivity index (χ4v) is 2.20. The number of amides is 2. The summed E-state index contributed by atoms with van der Waals surface area (Å²) in [6.45, 7) is 0.253. The number of pyridine rings is 2. The number of urea groups is 1. The first-order valence-electron chi connectivity index (χ1n) is 6.79. The molecular weight excluding hydrogens is 280 g/mol. The smallest absolute Gasteiger partial charge is 0.320 e. The van der Waals surface area contributed by atoms with Gasteiger partial charge in [0.15, 0.2) is 0 Å². The van der Waals surface area contributed by atoms with Crippen LogP contribution in [0, 0.1) is 0 Å². The lowest BCUT2D eigenvalue weighted by atomic mass is 10.1. The van der Waals surface area contributed by atoms with E-state index in [0.29, 0.717) is 5.82 Å². The number of nitrogens with one attached hydrogen (secondary N) is 3. The number of hydrogen-bond donors (Lipinski definition) is 3. The minimum Gasteiger partial charge on any atom is -0.334 e. The number of carbonyl (C=O) groups excluding carboxylic acids is 1. The van der Waals surface area contributed by atoms with E-state index in [1.54, 1.807) is 24.4 Å². The fourth-order valence-electron chi connectivity index (χ4n) is 2.20. The van der Waals surface area contributed by atoms with Gasteiger partial charge >= 0.3 is 6.03 Å². The predicted molar refractivity (Wildman–Crippen MR) is 84.7 cm³/mol. The zero-order valence-corrected chi connectivity index (χ0v) is 11.7. The minimum atomic E-state index is -0.372. The number of rotatable bonds is 3. The van der Waals surface area contributed by atoms with Crippen LogP contribution < -0.4 is 16.2 Å². The molecule has 1 aromatic carbocycles. The zero-order chi connectivity index (χ0) is 15.4. The van der Waals surface area contributed by atoms with E-state index in [1.807, 2.05) is 24.3 Å². The van der Waals surface area contributed by atoms with Gasteiger partial charge in [0, 0.05) is 29.7 Å². The molecule has 6 nitrogen and oxygen atoms in total. The van der Waals surface area contributed by atoms with E-state index in [0.717, 1.165) is 16.5 Å². The largest absolute Gasteiger partial charge is 0.334 e. The number of benzene rings is 1. The number of H-pyrrole nitrogens is 1. The van der Waals surface area contributed by atoms with Crippen molar-refractivity contribution in [3.63, 3.8) is 0 Å². The Kier molecular flexibility index (Phi) is 3.82. The van der Waals surface area contributed by atoms with Gasteiger partial charge in [0.1, 0.15) is 5.82 Å². The second-order valence-corrected chi connectivity index (χ2v) is 4.73. The van der Waals surface area contributed by atoms with Crippen LogP contribution in [0.2, 0.25) is 0 Å². The molecule has 3 N–H and O–H groups in total. The van der Waals surface area contributed by atoms with Crippen molar-refractivity contribution in [2.24, 2.45) is 0 Å². The highest BCUT2D eigenvalue weighted by atomic mass is 16.2. The number of aromatic nitrogens is 2. The standard InChI is InChI=1S/C16H14N4O2/c21-15-9-11(12-5-1-2-6-13(12)19-15)10-18-16(22)20-14-7-3-4-8-17-14/h1-9H,10H2,(H,19,21)(H2,17,18,20,22). The second-order valence-electron chi connectivity index (χ2n) is 4.73. The lowest BCUT2D eigenvalue weighted by Gasteiger charge is -2.09. The molecule has 110 valence electrons. The first-order chi connectivity index (χ1) is 10.7. The Morgan fingerprint density at radius 2 is 1.95 bits per heavy atom. The van der Waals surface area contributed by atoms with Crippen LogP contribution in [0.4, 0.5) is 10.6 Å². The van der Waals surface area contributed by atoms with Crippen molar-refractivity contribution in [2.45, 2.75) is 6.54 Å². The number of nitrogens with zero attached hydrogens (tertiary/aromatic N) is 1. The molecule has 3 aromatic rings. The van der Waals surface area contributed by atoms with Gasteiger partial charge in [0.2, 0.25) is 5.56 Å². The van der Waals surface area contributed by atoms with Gasteiger partial charge in [-0.3, -0.25) is 10.1 Å². The minimum absolute atomic E-state index is 0.194. The Morgan fingerprint density at radius 3 is 2.77 bits per heavy atom. The number of carbonyl (C=O) groups is 1. The molecule has 2 amide bonds. The van der Waals surface area contributed by atoms with Crippen LogP contribution in [0.3, 0.4) is 0 Å². The van der Waals surface area contributed by atoms with Crippen molar-refractivity contribution >= 4 is 22.8 Å². The summed E-state index contributed by atoms with van der Waals surface area (Å²) in [4.78, 5) is 30.3. The summed E-state index contributed by atoms with van der Waals surface area (Å²) < 4.78 is 0. The van der Waals surface area contributed by atoms with Gasteiger partial charge in [-0.15, -0.1) is 0 Å². The normalized spacial score (nSPS) is 10.4. The van der Waals surface area contributed by atoms with Gasteiger partial charge in [0.05, 0.1) is 0 Å². The molecule has 6 heteroatoms. The van der Waals surface area contributed by atoms with Crippen LogP contribution in [-0.2, 0) is 6.54 Å². The Hall–Kier alpha value is -3.15. The van der Waals surface area contributed by atoms with Crippen molar-refractivity contribution < 1.29 is 4.79 Å². The summed E-state index contributed by atoms with van der Waals surface area (Å²) in [6.07, 6.45) is 1.60. The highest BCUT2D eigenvalue weighted by Crippen LogP contribution is 2.14.